The average Bonchev–Trinajstić information content (AvgIpc) is 2.56. The highest BCUT2D eigenvalue weighted by molar-refractivity contribution is 4.49. The summed E-state index contributed by atoms with van der Waals surface area (Å²) in [6.07, 6.45) is 19.0. The molecule has 0 bridgehead atoms. The molecule has 0 rings (SSSR count). The van der Waals surface area contributed by atoms with Crippen LogP contribution < -0.4 is 0 Å². The van der Waals surface area contributed by atoms with Crippen LogP contribution in [0.5, 0.6) is 0 Å². The molecule has 0 saturated carbocycles. The van der Waals surface area contributed by atoms with Crippen molar-refractivity contribution in [3.05, 3.63) is 0 Å². The van der Waals surface area contributed by atoms with E-state index in [0.29, 0.717) is 0 Å². The summed E-state index contributed by atoms with van der Waals surface area (Å²) in [5.74, 6) is 0. The van der Waals surface area contributed by atoms with Gasteiger partial charge < -0.3 is 4.48 Å². The molecule has 134 valence electrons. The minimum absolute atomic E-state index is 1.31. The minimum Gasteiger partial charge on any atom is -0.324 e. The van der Waals surface area contributed by atoms with Crippen LogP contribution in [0.2, 0.25) is 0 Å². The number of hydrogen-bond acceptors (Lipinski definition) is 0. The second-order valence-electron chi connectivity index (χ2n) is 7.26. The van der Waals surface area contributed by atoms with Crippen molar-refractivity contribution >= 4 is 0 Å². The van der Waals surface area contributed by atoms with Crippen LogP contribution in [0.3, 0.4) is 0 Å². The molecule has 0 fully saturated rings. The Hall–Kier alpha value is -0.0400. The molecule has 22 heavy (non-hydrogen) atoms. The van der Waals surface area contributed by atoms with Crippen molar-refractivity contribution in [3.63, 3.8) is 0 Å². The van der Waals surface area contributed by atoms with Gasteiger partial charge in [0.1, 0.15) is 0 Å². The average molecular weight is 313 g/mol. The first-order valence-corrected chi connectivity index (χ1v) is 10.6. The maximum absolute atomic E-state index is 2.36. The Kier molecular flexibility index (Phi) is 15.8. The smallest absolute Gasteiger partial charge is 0.0786 e. The normalized spacial score (nSPS) is 12.0. The van der Waals surface area contributed by atoms with E-state index in [0.717, 1.165) is 0 Å². The molecule has 0 radical (unpaired) electrons. The highest BCUT2D eigenvalue weighted by Gasteiger charge is 2.19. The van der Waals surface area contributed by atoms with Gasteiger partial charge in [0.2, 0.25) is 0 Å². The van der Waals surface area contributed by atoms with Crippen molar-refractivity contribution in [3.8, 4) is 0 Å². The van der Waals surface area contributed by atoms with Crippen molar-refractivity contribution in [2.45, 2.75) is 111 Å². The molecule has 0 aliphatic rings. The van der Waals surface area contributed by atoms with Gasteiger partial charge in [0, 0.05) is 0 Å². The Morgan fingerprint density at radius 3 is 1.05 bits per heavy atom. The van der Waals surface area contributed by atoms with Gasteiger partial charge in [-0.2, -0.15) is 0 Å². The molecule has 0 saturated heterocycles. The van der Waals surface area contributed by atoms with E-state index < -0.39 is 0 Å². The van der Waals surface area contributed by atoms with Crippen molar-refractivity contribution in [2.24, 2.45) is 0 Å². The van der Waals surface area contributed by atoms with Gasteiger partial charge in [-0.05, 0) is 33.6 Å². The number of quaternary nitrogens is 1. The largest absolute Gasteiger partial charge is 0.324 e. The van der Waals surface area contributed by atoms with Gasteiger partial charge in [0.05, 0.1) is 26.2 Å². The molecule has 0 aliphatic heterocycles. The van der Waals surface area contributed by atoms with Crippen LogP contribution >= 0.6 is 0 Å². The van der Waals surface area contributed by atoms with Crippen molar-refractivity contribution in [1.82, 2.24) is 0 Å². The lowest BCUT2D eigenvalue weighted by Gasteiger charge is -2.35. The van der Waals surface area contributed by atoms with E-state index in [-0.39, 0.29) is 0 Å². The first-order valence-electron chi connectivity index (χ1n) is 10.6. The van der Waals surface area contributed by atoms with Crippen LogP contribution in [-0.4, -0.2) is 30.7 Å². The van der Waals surface area contributed by atoms with Crippen LogP contribution in [0.4, 0.5) is 0 Å². The summed E-state index contributed by atoms with van der Waals surface area (Å²) >= 11 is 0. The van der Waals surface area contributed by atoms with Crippen molar-refractivity contribution in [2.75, 3.05) is 26.2 Å². The summed E-state index contributed by atoms with van der Waals surface area (Å²) in [6, 6.07) is 0. The lowest BCUT2D eigenvalue weighted by molar-refractivity contribution is -0.923. The summed E-state index contributed by atoms with van der Waals surface area (Å²) in [7, 11) is 0. The van der Waals surface area contributed by atoms with Gasteiger partial charge in [-0.1, -0.05) is 77.6 Å². The van der Waals surface area contributed by atoms with Crippen LogP contribution in [-0.2, 0) is 0 Å². The summed E-state index contributed by atoms with van der Waals surface area (Å²) in [6.45, 7) is 14.7. The van der Waals surface area contributed by atoms with Crippen molar-refractivity contribution < 1.29 is 4.48 Å². The summed E-state index contributed by atoms with van der Waals surface area (Å²) in [5, 5.41) is 0. The molecule has 1 nitrogen and oxygen atoms in total. The SMILES string of the molecule is CCCCCCCCCCCCCCC[N+](CC)(CC)CC. The molecule has 0 unspecified atom stereocenters. The third-order valence-corrected chi connectivity index (χ3v) is 5.75. The Bertz CT molecular complexity index is 200. The van der Waals surface area contributed by atoms with E-state index in [2.05, 4.69) is 27.7 Å². The molecule has 0 aromatic carbocycles. The predicted molar refractivity (Wildman–Crippen MR) is 102 cm³/mol. The van der Waals surface area contributed by atoms with E-state index in [4.69, 9.17) is 0 Å². The molecule has 0 heterocycles. The fourth-order valence-corrected chi connectivity index (χ4v) is 3.61. The fourth-order valence-electron chi connectivity index (χ4n) is 3.61. The number of hydrogen-bond donors (Lipinski definition) is 0. The monoisotopic (exact) mass is 312 g/mol. The maximum atomic E-state index is 2.36. The highest BCUT2D eigenvalue weighted by Crippen LogP contribution is 2.14. The molecular weight excluding hydrogens is 266 g/mol. The van der Waals surface area contributed by atoms with Gasteiger partial charge in [0.25, 0.3) is 0 Å². The second kappa shape index (κ2) is 15.8. The second-order valence-corrected chi connectivity index (χ2v) is 7.26. The summed E-state index contributed by atoms with van der Waals surface area (Å²) < 4.78 is 1.33. The van der Waals surface area contributed by atoms with E-state index in [9.17, 15) is 0 Å². The molecule has 0 amide bonds. The van der Waals surface area contributed by atoms with E-state index >= 15 is 0 Å². The lowest BCUT2D eigenvalue weighted by Crippen LogP contribution is -2.48. The molecule has 0 N–H and O–H groups in total. The van der Waals surface area contributed by atoms with Gasteiger partial charge in [0.15, 0.2) is 0 Å². The van der Waals surface area contributed by atoms with Gasteiger partial charge in [-0.15, -0.1) is 0 Å². The molecule has 0 aromatic heterocycles. The topological polar surface area (TPSA) is 0 Å². The van der Waals surface area contributed by atoms with Crippen LogP contribution in [0.1, 0.15) is 111 Å². The molecule has 0 atom stereocenters. The Balaban J connectivity index is 3.27. The fraction of sp³-hybridized carbons (Fsp3) is 1.00. The first-order chi connectivity index (χ1) is 10.7. The summed E-state index contributed by atoms with van der Waals surface area (Å²) in [4.78, 5) is 0. The quantitative estimate of drug-likeness (QED) is 0.201. The Labute approximate surface area is 142 Å². The molecule has 0 spiro atoms. The van der Waals surface area contributed by atoms with Crippen LogP contribution in [0.15, 0.2) is 0 Å². The molecule has 0 aromatic rings. The number of unbranched alkanes of at least 4 members (excludes halogenated alkanes) is 12. The number of rotatable bonds is 17. The van der Waals surface area contributed by atoms with Crippen LogP contribution in [0.25, 0.3) is 0 Å². The molecular formula is C21H46N+. The molecule has 1 heteroatoms. The highest BCUT2D eigenvalue weighted by atomic mass is 15.3. The van der Waals surface area contributed by atoms with Gasteiger partial charge >= 0.3 is 0 Å². The van der Waals surface area contributed by atoms with Crippen LogP contribution in [0, 0.1) is 0 Å². The first kappa shape index (κ1) is 22.0. The maximum Gasteiger partial charge on any atom is 0.0786 e. The van der Waals surface area contributed by atoms with E-state index in [1.54, 1.807) is 0 Å². The predicted octanol–water partition coefficient (Wildman–Crippen LogP) is 6.95. The molecule has 0 aliphatic carbocycles. The van der Waals surface area contributed by atoms with Crippen molar-refractivity contribution in [1.29, 1.82) is 0 Å². The van der Waals surface area contributed by atoms with Gasteiger partial charge in [-0.25, -0.2) is 0 Å². The zero-order chi connectivity index (χ0) is 16.5. The lowest BCUT2D eigenvalue weighted by atomic mass is 10.0. The minimum atomic E-state index is 1.31. The zero-order valence-corrected chi connectivity index (χ0v) is 16.5. The Morgan fingerprint density at radius 2 is 0.727 bits per heavy atom. The Morgan fingerprint density at radius 1 is 0.409 bits per heavy atom. The standard InChI is InChI=1S/C21H46N/c1-5-9-10-11-12-13-14-15-16-17-18-19-20-21-22(6-2,7-3)8-4/h5-21H2,1-4H3/q+1. The third-order valence-electron chi connectivity index (χ3n) is 5.75. The number of nitrogens with zero attached hydrogens (tertiary/aromatic N) is 1. The van der Waals surface area contributed by atoms with Gasteiger partial charge in [-0.3, -0.25) is 0 Å². The summed E-state index contributed by atoms with van der Waals surface area (Å²) in [5.41, 5.74) is 0. The van der Waals surface area contributed by atoms with E-state index in [1.165, 1.54) is 114 Å². The zero-order valence-electron chi connectivity index (χ0n) is 16.5. The van der Waals surface area contributed by atoms with E-state index in [1.807, 2.05) is 0 Å². The third kappa shape index (κ3) is 11.5.